The zero-order valence-corrected chi connectivity index (χ0v) is 13.6. The highest BCUT2D eigenvalue weighted by Gasteiger charge is 2.28. The Morgan fingerprint density at radius 3 is 2.38 bits per heavy atom. The summed E-state index contributed by atoms with van der Waals surface area (Å²) in [6.45, 7) is 8.19. The highest BCUT2D eigenvalue weighted by molar-refractivity contribution is 5.40. The molecule has 1 aromatic heterocycles. The number of aromatic nitrogens is 1. The first kappa shape index (κ1) is 14.8. The third-order valence-electron chi connectivity index (χ3n) is 5.04. The topological polar surface area (TPSA) is 19.4 Å². The van der Waals surface area contributed by atoms with Gasteiger partial charge in [-0.05, 0) is 57.7 Å². The summed E-state index contributed by atoms with van der Waals surface area (Å²) in [6.07, 6.45) is 10.1. The lowest BCUT2D eigenvalue weighted by Gasteiger charge is -2.29. The van der Waals surface area contributed by atoms with Crippen LogP contribution in [0.15, 0.2) is 18.3 Å². The minimum Gasteiger partial charge on any atom is -0.357 e. The molecule has 3 heteroatoms. The Bertz CT molecular complexity index is 432. The van der Waals surface area contributed by atoms with Gasteiger partial charge in [0.15, 0.2) is 0 Å². The zero-order valence-electron chi connectivity index (χ0n) is 13.6. The summed E-state index contributed by atoms with van der Waals surface area (Å²) in [6, 6.07) is 5.77. The molecule has 1 aromatic rings. The first-order valence-electron chi connectivity index (χ1n) is 8.72. The number of rotatable bonds is 3. The van der Waals surface area contributed by atoms with Crippen LogP contribution in [0.1, 0.15) is 64.0 Å². The number of hydrogen-bond acceptors (Lipinski definition) is 3. The maximum Gasteiger partial charge on any atom is 0.128 e. The molecule has 0 amide bonds. The molecule has 2 saturated heterocycles. The summed E-state index contributed by atoms with van der Waals surface area (Å²) in [5.74, 6) is 1.18. The Labute approximate surface area is 129 Å². The van der Waals surface area contributed by atoms with Crippen LogP contribution in [0.25, 0.3) is 0 Å². The number of likely N-dealkylation sites (tertiary alicyclic amines) is 1. The van der Waals surface area contributed by atoms with Crippen molar-refractivity contribution in [3.05, 3.63) is 23.9 Å². The zero-order chi connectivity index (χ0) is 14.7. The average Bonchev–Trinajstić information content (AvgIpc) is 2.83. The molecule has 3 heterocycles. The van der Waals surface area contributed by atoms with Gasteiger partial charge in [-0.15, -0.1) is 0 Å². The highest BCUT2D eigenvalue weighted by Crippen LogP contribution is 2.33. The van der Waals surface area contributed by atoms with Gasteiger partial charge < -0.3 is 4.90 Å². The molecular weight excluding hydrogens is 258 g/mol. The van der Waals surface area contributed by atoms with Crippen molar-refractivity contribution in [3.8, 4) is 0 Å². The van der Waals surface area contributed by atoms with E-state index in [0.29, 0.717) is 12.1 Å². The molecule has 2 fully saturated rings. The molecule has 0 spiro atoms. The van der Waals surface area contributed by atoms with Gasteiger partial charge in [-0.3, -0.25) is 4.90 Å². The summed E-state index contributed by atoms with van der Waals surface area (Å²) in [5, 5.41) is 0. The van der Waals surface area contributed by atoms with E-state index in [2.05, 4.69) is 42.0 Å². The normalized spacial score (nSPS) is 24.5. The Morgan fingerprint density at radius 2 is 1.76 bits per heavy atom. The lowest BCUT2D eigenvalue weighted by Crippen LogP contribution is -2.30. The minimum absolute atomic E-state index is 0.579. The van der Waals surface area contributed by atoms with Crippen molar-refractivity contribution >= 4 is 5.82 Å². The fourth-order valence-electron chi connectivity index (χ4n) is 3.85. The van der Waals surface area contributed by atoms with Gasteiger partial charge in [0.2, 0.25) is 0 Å². The quantitative estimate of drug-likeness (QED) is 0.837. The molecule has 3 rings (SSSR count). The number of pyridine rings is 1. The Balaban J connectivity index is 1.71. The monoisotopic (exact) mass is 287 g/mol. The predicted octanol–water partition coefficient (Wildman–Crippen LogP) is 4.01. The molecular formula is C18H29N3. The van der Waals surface area contributed by atoms with Crippen molar-refractivity contribution in [1.29, 1.82) is 0 Å². The molecule has 21 heavy (non-hydrogen) atoms. The van der Waals surface area contributed by atoms with Crippen LogP contribution in [-0.4, -0.2) is 35.6 Å². The van der Waals surface area contributed by atoms with Crippen LogP contribution in [0.4, 0.5) is 5.82 Å². The molecule has 0 bridgehead atoms. The third-order valence-corrected chi connectivity index (χ3v) is 5.04. The van der Waals surface area contributed by atoms with Crippen molar-refractivity contribution in [2.45, 2.75) is 64.5 Å². The minimum atomic E-state index is 0.579. The molecule has 0 aromatic carbocycles. The van der Waals surface area contributed by atoms with E-state index in [-0.39, 0.29) is 0 Å². The van der Waals surface area contributed by atoms with Gasteiger partial charge in [0.25, 0.3) is 0 Å². The van der Waals surface area contributed by atoms with Crippen LogP contribution >= 0.6 is 0 Å². The second-order valence-electron chi connectivity index (χ2n) is 6.84. The number of anilines is 1. The molecule has 3 nitrogen and oxygen atoms in total. The van der Waals surface area contributed by atoms with Crippen LogP contribution in [0.3, 0.4) is 0 Å². The van der Waals surface area contributed by atoms with Crippen molar-refractivity contribution in [1.82, 2.24) is 9.88 Å². The molecule has 2 aliphatic rings. The van der Waals surface area contributed by atoms with E-state index in [1.54, 1.807) is 0 Å². The van der Waals surface area contributed by atoms with Crippen molar-refractivity contribution in [2.24, 2.45) is 0 Å². The van der Waals surface area contributed by atoms with E-state index in [1.165, 1.54) is 69.5 Å². The molecule has 1 atom stereocenters. The number of nitrogens with zero attached hydrogens (tertiary/aromatic N) is 3. The Hall–Kier alpha value is -1.09. The van der Waals surface area contributed by atoms with Crippen LogP contribution in [0.5, 0.6) is 0 Å². The van der Waals surface area contributed by atoms with Gasteiger partial charge in [0, 0.05) is 31.4 Å². The number of hydrogen-bond donors (Lipinski definition) is 0. The van der Waals surface area contributed by atoms with E-state index in [4.69, 9.17) is 4.98 Å². The SMILES string of the molecule is CC(C)N1CCCC1c1ccc(N2CCCCCC2)nc1. The van der Waals surface area contributed by atoms with Crippen molar-refractivity contribution in [2.75, 3.05) is 24.5 Å². The molecule has 0 saturated carbocycles. The van der Waals surface area contributed by atoms with Gasteiger partial charge in [-0.1, -0.05) is 18.9 Å². The van der Waals surface area contributed by atoms with Crippen LogP contribution in [0, 0.1) is 0 Å². The largest absolute Gasteiger partial charge is 0.357 e. The van der Waals surface area contributed by atoms with Gasteiger partial charge >= 0.3 is 0 Å². The Morgan fingerprint density at radius 1 is 1.00 bits per heavy atom. The lowest BCUT2D eigenvalue weighted by atomic mass is 10.1. The fourth-order valence-corrected chi connectivity index (χ4v) is 3.85. The standard InChI is InChI=1S/C18H29N3/c1-15(2)21-13-7-8-17(21)16-9-10-18(19-14-16)20-11-5-3-4-6-12-20/h9-10,14-15,17H,3-8,11-13H2,1-2H3. The molecule has 0 N–H and O–H groups in total. The third kappa shape index (κ3) is 3.39. The van der Waals surface area contributed by atoms with E-state index in [9.17, 15) is 0 Å². The molecule has 0 aliphatic carbocycles. The van der Waals surface area contributed by atoms with Crippen molar-refractivity contribution in [3.63, 3.8) is 0 Å². The summed E-state index contributed by atoms with van der Waals surface area (Å²) >= 11 is 0. The van der Waals surface area contributed by atoms with Gasteiger partial charge in [0.1, 0.15) is 5.82 Å². The summed E-state index contributed by atoms with van der Waals surface area (Å²) in [7, 11) is 0. The average molecular weight is 287 g/mol. The van der Waals surface area contributed by atoms with Gasteiger partial charge in [-0.2, -0.15) is 0 Å². The maximum atomic E-state index is 4.78. The van der Waals surface area contributed by atoms with Crippen LogP contribution in [-0.2, 0) is 0 Å². The molecule has 1 unspecified atom stereocenters. The van der Waals surface area contributed by atoms with Crippen LogP contribution < -0.4 is 4.90 Å². The van der Waals surface area contributed by atoms with Crippen LogP contribution in [0.2, 0.25) is 0 Å². The first-order chi connectivity index (χ1) is 10.3. The van der Waals surface area contributed by atoms with E-state index < -0.39 is 0 Å². The lowest BCUT2D eigenvalue weighted by molar-refractivity contribution is 0.205. The maximum absolute atomic E-state index is 4.78. The molecule has 0 radical (unpaired) electrons. The summed E-state index contributed by atoms with van der Waals surface area (Å²) in [4.78, 5) is 9.86. The molecule has 2 aliphatic heterocycles. The van der Waals surface area contributed by atoms with Gasteiger partial charge in [0.05, 0.1) is 0 Å². The predicted molar refractivity (Wildman–Crippen MR) is 88.7 cm³/mol. The summed E-state index contributed by atoms with van der Waals surface area (Å²) in [5.41, 5.74) is 1.40. The fraction of sp³-hybridized carbons (Fsp3) is 0.722. The molecule has 116 valence electrons. The van der Waals surface area contributed by atoms with E-state index in [0.717, 1.165) is 0 Å². The van der Waals surface area contributed by atoms with E-state index in [1.807, 2.05) is 0 Å². The first-order valence-corrected chi connectivity index (χ1v) is 8.72. The smallest absolute Gasteiger partial charge is 0.128 e. The Kier molecular flexibility index (Phi) is 4.79. The second kappa shape index (κ2) is 6.78. The second-order valence-corrected chi connectivity index (χ2v) is 6.84. The summed E-state index contributed by atoms with van der Waals surface area (Å²) < 4.78 is 0. The van der Waals surface area contributed by atoms with E-state index >= 15 is 0 Å². The highest BCUT2D eigenvalue weighted by atomic mass is 15.2. The van der Waals surface area contributed by atoms with Gasteiger partial charge in [-0.25, -0.2) is 4.98 Å². The van der Waals surface area contributed by atoms with Crippen molar-refractivity contribution < 1.29 is 0 Å².